The maximum absolute atomic E-state index is 5.79. The van der Waals surface area contributed by atoms with E-state index in [1.807, 2.05) is 0 Å². The number of imidazole rings is 1. The van der Waals surface area contributed by atoms with Gasteiger partial charge in [0.1, 0.15) is 6.10 Å². The van der Waals surface area contributed by atoms with Crippen LogP contribution >= 0.6 is 0 Å². The van der Waals surface area contributed by atoms with Crippen molar-refractivity contribution >= 4 is 0 Å². The molecule has 1 N–H and O–H groups in total. The molecule has 0 aromatic carbocycles. The van der Waals surface area contributed by atoms with Gasteiger partial charge in [0.05, 0.1) is 12.0 Å². The lowest BCUT2D eigenvalue weighted by atomic mass is 10.1. The minimum atomic E-state index is 0.217. The number of ether oxygens (including phenoxy) is 1. The number of aryl methyl sites for hydroxylation is 1. The van der Waals surface area contributed by atoms with Crippen LogP contribution in [0, 0.1) is 6.92 Å². The van der Waals surface area contributed by atoms with Crippen molar-refractivity contribution in [1.82, 2.24) is 24.8 Å². The molecule has 3 rings (SSSR count). The van der Waals surface area contributed by atoms with Gasteiger partial charge in [0, 0.05) is 37.7 Å². The average molecular weight is 273 g/mol. The monoisotopic (exact) mass is 273 g/mol. The fourth-order valence-corrected chi connectivity index (χ4v) is 2.44. The van der Waals surface area contributed by atoms with E-state index >= 15 is 0 Å². The molecule has 6 heteroatoms. The summed E-state index contributed by atoms with van der Waals surface area (Å²) in [6, 6.07) is 2.27. The van der Waals surface area contributed by atoms with Crippen molar-refractivity contribution < 1.29 is 4.74 Å². The lowest BCUT2D eigenvalue weighted by Gasteiger charge is -2.31. The molecule has 20 heavy (non-hydrogen) atoms. The molecule has 6 nitrogen and oxygen atoms in total. The Kier molecular flexibility index (Phi) is 3.92. The first-order chi connectivity index (χ1) is 9.81. The lowest BCUT2D eigenvalue weighted by molar-refractivity contribution is 0.0886. The second-order valence-electron chi connectivity index (χ2n) is 5.10. The van der Waals surface area contributed by atoms with Crippen LogP contribution in [0.4, 0.5) is 0 Å². The maximum Gasteiger partial charge on any atom is 0.316 e. The second-order valence-corrected chi connectivity index (χ2v) is 5.10. The highest BCUT2D eigenvalue weighted by Crippen LogP contribution is 2.17. The number of hydrogen-bond acceptors (Lipinski definition) is 5. The normalized spacial score (nSPS) is 17.2. The summed E-state index contributed by atoms with van der Waals surface area (Å²) in [6.07, 6.45) is 7.39. The van der Waals surface area contributed by atoms with Gasteiger partial charge in [0.15, 0.2) is 0 Å². The predicted molar refractivity (Wildman–Crippen MR) is 74.3 cm³/mol. The summed E-state index contributed by atoms with van der Waals surface area (Å²) < 4.78 is 5.79. The van der Waals surface area contributed by atoms with Crippen molar-refractivity contribution in [2.75, 3.05) is 13.1 Å². The molecule has 0 saturated carbocycles. The average Bonchev–Trinajstić information content (AvgIpc) is 2.88. The van der Waals surface area contributed by atoms with E-state index < -0.39 is 0 Å². The van der Waals surface area contributed by atoms with Crippen LogP contribution in [0.3, 0.4) is 0 Å². The Morgan fingerprint density at radius 3 is 2.65 bits per heavy atom. The molecule has 0 spiro atoms. The van der Waals surface area contributed by atoms with Gasteiger partial charge in [-0.05, 0) is 25.8 Å². The number of nitrogens with one attached hydrogen (secondary N) is 1. The van der Waals surface area contributed by atoms with E-state index in [9.17, 15) is 0 Å². The molecule has 1 saturated heterocycles. The SMILES string of the molecule is Cc1[nH]cnc1CN1CCC(Oc2ncccn2)CC1. The van der Waals surface area contributed by atoms with Crippen molar-refractivity contribution in [1.29, 1.82) is 0 Å². The molecule has 2 aromatic heterocycles. The number of nitrogens with zero attached hydrogens (tertiary/aromatic N) is 4. The minimum Gasteiger partial charge on any atom is -0.460 e. The van der Waals surface area contributed by atoms with Crippen LogP contribution in [0.25, 0.3) is 0 Å². The van der Waals surface area contributed by atoms with E-state index in [-0.39, 0.29) is 6.10 Å². The molecule has 0 atom stereocenters. The Labute approximate surface area is 118 Å². The van der Waals surface area contributed by atoms with Crippen LogP contribution in [0.2, 0.25) is 0 Å². The Balaban J connectivity index is 1.49. The van der Waals surface area contributed by atoms with Crippen LogP contribution in [-0.2, 0) is 6.54 Å². The molecule has 2 aromatic rings. The topological polar surface area (TPSA) is 66.9 Å². The highest BCUT2D eigenvalue weighted by atomic mass is 16.5. The van der Waals surface area contributed by atoms with Gasteiger partial charge < -0.3 is 9.72 Å². The van der Waals surface area contributed by atoms with Gasteiger partial charge in [-0.25, -0.2) is 15.0 Å². The van der Waals surface area contributed by atoms with Crippen molar-refractivity contribution in [3.05, 3.63) is 36.2 Å². The summed E-state index contributed by atoms with van der Waals surface area (Å²) in [5.41, 5.74) is 2.29. The summed E-state index contributed by atoms with van der Waals surface area (Å²) in [4.78, 5) is 18.1. The Hall–Kier alpha value is -1.95. The number of likely N-dealkylation sites (tertiary alicyclic amines) is 1. The zero-order chi connectivity index (χ0) is 13.8. The van der Waals surface area contributed by atoms with E-state index in [1.165, 1.54) is 0 Å². The number of hydrogen-bond donors (Lipinski definition) is 1. The molecular weight excluding hydrogens is 254 g/mol. The Bertz CT molecular complexity index is 534. The molecule has 1 aliphatic rings. The summed E-state index contributed by atoms with van der Waals surface area (Å²) in [5, 5.41) is 0. The summed E-state index contributed by atoms with van der Waals surface area (Å²) in [7, 11) is 0. The van der Waals surface area contributed by atoms with E-state index in [1.54, 1.807) is 24.8 Å². The largest absolute Gasteiger partial charge is 0.460 e. The van der Waals surface area contributed by atoms with Gasteiger partial charge in [-0.3, -0.25) is 4.90 Å². The van der Waals surface area contributed by atoms with Crippen LogP contribution < -0.4 is 4.74 Å². The second kappa shape index (κ2) is 6.00. The Morgan fingerprint density at radius 2 is 2.00 bits per heavy atom. The third kappa shape index (κ3) is 3.14. The number of piperidine rings is 1. The van der Waals surface area contributed by atoms with E-state index in [2.05, 4.69) is 31.8 Å². The zero-order valence-corrected chi connectivity index (χ0v) is 11.6. The van der Waals surface area contributed by atoms with Crippen molar-refractivity contribution in [2.24, 2.45) is 0 Å². The number of aromatic nitrogens is 4. The first-order valence-corrected chi connectivity index (χ1v) is 6.96. The first-order valence-electron chi connectivity index (χ1n) is 6.96. The summed E-state index contributed by atoms with van der Waals surface area (Å²) in [5.74, 6) is 0. The fourth-order valence-electron chi connectivity index (χ4n) is 2.44. The Morgan fingerprint density at radius 1 is 1.25 bits per heavy atom. The number of rotatable bonds is 4. The fraction of sp³-hybridized carbons (Fsp3) is 0.500. The number of H-pyrrole nitrogens is 1. The van der Waals surface area contributed by atoms with Crippen molar-refractivity contribution in [2.45, 2.75) is 32.4 Å². The molecule has 1 aliphatic heterocycles. The van der Waals surface area contributed by atoms with Gasteiger partial charge in [0.2, 0.25) is 0 Å². The van der Waals surface area contributed by atoms with Gasteiger partial charge >= 0.3 is 6.01 Å². The minimum absolute atomic E-state index is 0.217. The molecule has 1 fully saturated rings. The quantitative estimate of drug-likeness (QED) is 0.915. The maximum atomic E-state index is 5.79. The van der Waals surface area contributed by atoms with Gasteiger partial charge in [-0.15, -0.1) is 0 Å². The van der Waals surface area contributed by atoms with Crippen molar-refractivity contribution in [3.63, 3.8) is 0 Å². The molecular formula is C14H19N5O. The first kappa shape index (κ1) is 13.1. The third-order valence-electron chi connectivity index (χ3n) is 3.66. The van der Waals surface area contributed by atoms with E-state index in [4.69, 9.17) is 4.74 Å². The van der Waals surface area contributed by atoms with Crippen LogP contribution in [-0.4, -0.2) is 44.0 Å². The highest BCUT2D eigenvalue weighted by molar-refractivity contribution is 5.08. The lowest BCUT2D eigenvalue weighted by Crippen LogP contribution is -2.38. The van der Waals surface area contributed by atoms with Crippen molar-refractivity contribution in [3.8, 4) is 6.01 Å². The molecule has 0 radical (unpaired) electrons. The van der Waals surface area contributed by atoms with Crippen LogP contribution in [0.5, 0.6) is 6.01 Å². The zero-order valence-electron chi connectivity index (χ0n) is 11.6. The molecule has 106 valence electrons. The third-order valence-corrected chi connectivity index (χ3v) is 3.66. The van der Waals surface area contributed by atoms with Gasteiger partial charge in [-0.1, -0.05) is 0 Å². The van der Waals surface area contributed by atoms with E-state index in [0.717, 1.165) is 43.9 Å². The summed E-state index contributed by atoms with van der Waals surface area (Å²) >= 11 is 0. The smallest absolute Gasteiger partial charge is 0.316 e. The highest BCUT2D eigenvalue weighted by Gasteiger charge is 2.22. The summed E-state index contributed by atoms with van der Waals surface area (Å²) in [6.45, 7) is 5.00. The predicted octanol–water partition coefficient (Wildman–Crippen LogP) is 1.55. The van der Waals surface area contributed by atoms with Crippen LogP contribution in [0.15, 0.2) is 24.8 Å². The van der Waals surface area contributed by atoms with Gasteiger partial charge in [0.25, 0.3) is 0 Å². The molecule has 0 unspecified atom stereocenters. The molecule has 0 bridgehead atoms. The molecule has 0 amide bonds. The van der Waals surface area contributed by atoms with E-state index in [0.29, 0.717) is 6.01 Å². The van der Waals surface area contributed by atoms with Gasteiger partial charge in [-0.2, -0.15) is 0 Å². The molecule has 0 aliphatic carbocycles. The van der Waals surface area contributed by atoms with Crippen LogP contribution in [0.1, 0.15) is 24.2 Å². The number of aromatic amines is 1. The molecule has 3 heterocycles. The standard InChI is InChI=1S/C14H19N5O/c1-11-13(18-10-17-11)9-19-7-3-12(4-8-19)20-14-15-5-2-6-16-14/h2,5-6,10,12H,3-4,7-9H2,1H3,(H,17,18).